The molecule has 0 spiro atoms. The normalized spacial score (nSPS) is 19.5. The number of hydrogen-bond donors (Lipinski definition) is 1. The minimum atomic E-state index is -0.985. The van der Waals surface area contributed by atoms with Crippen molar-refractivity contribution in [1.82, 2.24) is 9.47 Å². The molecule has 21 heavy (non-hydrogen) atoms. The summed E-state index contributed by atoms with van der Waals surface area (Å²) in [6.07, 6.45) is 2.88. The molecule has 0 aliphatic carbocycles. The van der Waals surface area contributed by atoms with E-state index in [-0.39, 0.29) is 18.1 Å². The van der Waals surface area contributed by atoms with E-state index in [0.717, 1.165) is 0 Å². The average Bonchev–Trinajstić information content (AvgIpc) is 3.05. The second-order valence-electron chi connectivity index (χ2n) is 5.12. The topological polar surface area (TPSA) is 79.6 Å². The quantitative estimate of drug-likeness (QED) is 0.639. The molecule has 1 unspecified atom stereocenters. The van der Waals surface area contributed by atoms with Crippen molar-refractivity contribution in [3.8, 4) is 0 Å². The van der Waals surface area contributed by atoms with Gasteiger partial charge in [0.25, 0.3) is 0 Å². The molecule has 2 atom stereocenters. The van der Waals surface area contributed by atoms with Gasteiger partial charge in [0, 0.05) is 26.2 Å². The Hall–Kier alpha value is -1.63. The van der Waals surface area contributed by atoms with Gasteiger partial charge in [-0.2, -0.15) is 0 Å². The number of aliphatic carboxylic acids is 1. The molecule has 114 valence electrons. The van der Waals surface area contributed by atoms with Gasteiger partial charge < -0.3 is 14.6 Å². The number of nitrogens with zero attached hydrogens (tertiary/aromatic N) is 2. The molecule has 0 saturated carbocycles. The molecule has 1 aliphatic heterocycles. The second-order valence-corrected chi connectivity index (χ2v) is 6.23. The Kier molecular flexibility index (Phi) is 4.82. The Bertz CT molecular complexity index is 569. The zero-order valence-electron chi connectivity index (χ0n) is 11.7. The molecule has 1 aliphatic rings. The lowest BCUT2D eigenvalue weighted by Crippen LogP contribution is -2.41. The van der Waals surface area contributed by atoms with Crippen LogP contribution in [-0.4, -0.2) is 49.6 Å². The summed E-state index contributed by atoms with van der Waals surface area (Å²) in [6.45, 7) is 0.438. The first-order valence-corrected chi connectivity index (χ1v) is 7.65. The number of alkyl halides is 1. The van der Waals surface area contributed by atoms with E-state index >= 15 is 0 Å². The number of carboxylic acid groups (broad SMARTS) is 1. The number of aryl methyl sites for hydroxylation is 1. The SMILES string of the molecule is Cn1cccc1C(=O)C(Br)CC(=O)N1CCC[C@H]1C(=O)O. The van der Waals surface area contributed by atoms with Gasteiger partial charge in [0.05, 0.1) is 10.5 Å². The zero-order chi connectivity index (χ0) is 15.6. The van der Waals surface area contributed by atoms with Gasteiger partial charge in [0.1, 0.15) is 6.04 Å². The standard InChI is InChI=1S/C14H17BrN2O4/c1-16-6-2-4-10(16)13(19)9(15)8-12(18)17-7-3-5-11(17)14(20)21/h2,4,6,9,11H,3,5,7-8H2,1H3,(H,20,21)/t9?,11-/m0/s1. The van der Waals surface area contributed by atoms with Gasteiger partial charge in [-0.3, -0.25) is 9.59 Å². The van der Waals surface area contributed by atoms with E-state index in [2.05, 4.69) is 15.9 Å². The first-order chi connectivity index (χ1) is 9.91. The van der Waals surface area contributed by atoms with Crippen LogP contribution in [0.15, 0.2) is 18.3 Å². The second kappa shape index (κ2) is 6.43. The maximum atomic E-state index is 12.2. The number of hydrogen-bond acceptors (Lipinski definition) is 3. The number of ketones is 1. The van der Waals surface area contributed by atoms with Crippen molar-refractivity contribution in [3.63, 3.8) is 0 Å². The lowest BCUT2D eigenvalue weighted by atomic mass is 10.1. The number of amides is 1. The molecular weight excluding hydrogens is 340 g/mol. The van der Waals surface area contributed by atoms with Crippen LogP contribution in [0.3, 0.4) is 0 Å². The maximum absolute atomic E-state index is 12.2. The van der Waals surface area contributed by atoms with Crippen molar-refractivity contribution in [1.29, 1.82) is 0 Å². The number of likely N-dealkylation sites (tertiary alicyclic amines) is 1. The van der Waals surface area contributed by atoms with Crippen molar-refractivity contribution in [2.24, 2.45) is 7.05 Å². The third kappa shape index (κ3) is 3.34. The van der Waals surface area contributed by atoms with E-state index in [9.17, 15) is 14.4 Å². The first kappa shape index (κ1) is 15.8. The molecule has 0 bridgehead atoms. The minimum Gasteiger partial charge on any atom is -0.480 e. The molecule has 1 aromatic heterocycles. The number of rotatable bonds is 5. The molecular formula is C14H17BrN2O4. The van der Waals surface area contributed by atoms with Crippen LogP contribution < -0.4 is 0 Å². The molecule has 0 radical (unpaired) electrons. The van der Waals surface area contributed by atoms with Gasteiger partial charge in [-0.05, 0) is 25.0 Å². The van der Waals surface area contributed by atoms with Crippen molar-refractivity contribution < 1.29 is 19.5 Å². The van der Waals surface area contributed by atoms with E-state index in [0.29, 0.717) is 25.1 Å². The highest BCUT2D eigenvalue weighted by Gasteiger charge is 2.35. The van der Waals surface area contributed by atoms with Crippen LogP contribution in [0.2, 0.25) is 0 Å². The van der Waals surface area contributed by atoms with Crippen molar-refractivity contribution in [2.75, 3.05) is 6.54 Å². The van der Waals surface area contributed by atoms with E-state index in [1.54, 1.807) is 29.9 Å². The average molecular weight is 357 g/mol. The van der Waals surface area contributed by atoms with Crippen LogP contribution in [0.5, 0.6) is 0 Å². The predicted octanol–water partition coefficient (Wildman–Crippen LogP) is 1.44. The smallest absolute Gasteiger partial charge is 0.326 e. The molecule has 1 fully saturated rings. The zero-order valence-corrected chi connectivity index (χ0v) is 13.2. The third-order valence-electron chi connectivity index (χ3n) is 3.69. The molecule has 6 nitrogen and oxygen atoms in total. The number of aromatic nitrogens is 1. The lowest BCUT2D eigenvalue weighted by Gasteiger charge is -2.22. The van der Waals surface area contributed by atoms with E-state index in [1.165, 1.54) is 4.90 Å². The fraction of sp³-hybridized carbons (Fsp3) is 0.500. The summed E-state index contributed by atoms with van der Waals surface area (Å²) in [5.41, 5.74) is 0.515. The molecule has 1 saturated heterocycles. The molecule has 1 N–H and O–H groups in total. The van der Waals surface area contributed by atoms with Gasteiger partial charge in [-0.15, -0.1) is 0 Å². The first-order valence-electron chi connectivity index (χ1n) is 6.73. The highest BCUT2D eigenvalue weighted by atomic mass is 79.9. The summed E-state index contributed by atoms with van der Waals surface area (Å²) < 4.78 is 1.69. The summed E-state index contributed by atoms with van der Waals surface area (Å²) >= 11 is 3.25. The Morgan fingerprint density at radius 3 is 2.76 bits per heavy atom. The van der Waals surface area contributed by atoms with Gasteiger partial charge in [0.2, 0.25) is 5.91 Å². The summed E-state index contributed by atoms with van der Waals surface area (Å²) in [5.74, 6) is -1.47. The van der Waals surface area contributed by atoms with Crippen molar-refractivity contribution in [2.45, 2.75) is 30.1 Å². The molecule has 2 heterocycles. The van der Waals surface area contributed by atoms with Crippen LogP contribution >= 0.6 is 15.9 Å². The largest absolute Gasteiger partial charge is 0.480 e. The number of halogens is 1. The minimum absolute atomic E-state index is 0.0339. The van der Waals surface area contributed by atoms with Crippen LogP contribution in [-0.2, 0) is 16.6 Å². The number of carboxylic acids is 1. The Morgan fingerprint density at radius 2 is 2.19 bits per heavy atom. The van der Waals surface area contributed by atoms with E-state index in [1.807, 2.05) is 0 Å². The molecule has 7 heteroatoms. The van der Waals surface area contributed by atoms with Gasteiger partial charge in [-0.25, -0.2) is 4.79 Å². The van der Waals surface area contributed by atoms with Crippen LogP contribution in [0.25, 0.3) is 0 Å². The van der Waals surface area contributed by atoms with Gasteiger partial charge in [-0.1, -0.05) is 15.9 Å². The van der Waals surface area contributed by atoms with Crippen LogP contribution in [0, 0.1) is 0 Å². The fourth-order valence-electron chi connectivity index (χ4n) is 2.56. The Morgan fingerprint density at radius 1 is 1.48 bits per heavy atom. The third-order valence-corrected chi connectivity index (χ3v) is 4.43. The van der Waals surface area contributed by atoms with E-state index in [4.69, 9.17) is 5.11 Å². The highest BCUT2D eigenvalue weighted by Crippen LogP contribution is 2.21. The Balaban J connectivity index is 2.01. The molecule has 1 amide bonds. The number of Topliss-reactive ketones (excluding diaryl/α,β-unsaturated/α-hetero) is 1. The molecule has 1 aromatic rings. The van der Waals surface area contributed by atoms with Gasteiger partial charge >= 0.3 is 5.97 Å². The number of carbonyl (C=O) groups excluding carboxylic acids is 2. The maximum Gasteiger partial charge on any atom is 0.326 e. The number of carbonyl (C=O) groups is 3. The van der Waals surface area contributed by atoms with Crippen molar-refractivity contribution in [3.05, 3.63) is 24.0 Å². The van der Waals surface area contributed by atoms with Crippen LogP contribution in [0.4, 0.5) is 0 Å². The van der Waals surface area contributed by atoms with Crippen LogP contribution in [0.1, 0.15) is 29.8 Å². The lowest BCUT2D eigenvalue weighted by molar-refractivity contribution is -0.148. The van der Waals surface area contributed by atoms with Gasteiger partial charge in [0.15, 0.2) is 5.78 Å². The molecule has 0 aromatic carbocycles. The monoisotopic (exact) mass is 356 g/mol. The van der Waals surface area contributed by atoms with E-state index < -0.39 is 16.8 Å². The predicted molar refractivity (Wildman–Crippen MR) is 79.4 cm³/mol. The summed E-state index contributed by atoms with van der Waals surface area (Å²) in [7, 11) is 1.76. The summed E-state index contributed by atoms with van der Waals surface area (Å²) in [5, 5.41) is 9.09. The fourth-order valence-corrected chi connectivity index (χ4v) is 3.07. The summed E-state index contributed by atoms with van der Waals surface area (Å²) in [6, 6.07) is 2.69. The highest BCUT2D eigenvalue weighted by molar-refractivity contribution is 9.10. The molecule has 2 rings (SSSR count). The van der Waals surface area contributed by atoms with Crippen molar-refractivity contribution >= 4 is 33.6 Å². The summed E-state index contributed by atoms with van der Waals surface area (Å²) in [4.78, 5) is 36.2. The Labute approximate surface area is 130 Å².